The first kappa shape index (κ1) is 23.0. The van der Waals surface area contributed by atoms with E-state index in [9.17, 15) is 24.6 Å². The molecule has 0 aliphatic heterocycles. The largest absolute Gasteiger partial charge is 0.493 e. The van der Waals surface area contributed by atoms with Crippen LogP contribution in [0.1, 0.15) is 11.1 Å². The Bertz CT molecular complexity index is 1230. The van der Waals surface area contributed by atoms with Crippen LogP contribution < -0.4 is 14.8 Å². The van der Waals surface area contributed by atoms with Crippen molar-refractivity contribution in [3.63, 3.8) is 0 Å². The van der Waals surface area contributed by atoms with E-state index >= 15 is 0 Å². The predicted octanol–water partition coefficient (Wildman–Crippen LogP) is 4.82. The lowest BCUT2D eigenvalue weighted by atomic mass is 10.0. The molecular weight excluding hydrogens is 429 g/mol. The van der Waals surface area contributed by atoms with Gasteiger partial charge in [0.2, 0.25) is 0 Å². The van der Waals surface area contributed by atoms with Crippen LogP contribution in [0.5, 0.6) is 11.5 Å². The Kier molecular flexibility index (Phi) is 7.34. The molecule has 0 radical (unpaired) electrons. The number of amides is 1. The lowest BCUT2D eigenvalue weighted by Gasteiger charge is -2.14. The van der Waals surface area contributed by atoms with E-state index in [-0.39, 0.29) is 23.6 Å². The van der Waals surface area contributed by atoms with Gasteiger partial charge in [0, 0.05) is 23.4 Å². The SMILES string of the molecule is COc1cccc(/C=C(/C#N)c2ccc([N+](=O)[O-])cc2)c1OCC(=O)Nc1ccc(F)cc1. The molecule has 166 valence electrons. The summed E-state index contributed by atoms with van der Waals surface area (Å²) >= 11 is 0. The molecule has 0 saturated heterocycles. The lowest BCUT2D eigenvalue weighted by molar-refractivity contribution is -0.384. The summed E-state index contributed by atoms with van der Waals surface area (Å²) in [5.74, 6) is -0.308. The molecule has 3 aromatic rings. The van der Waals surface area contributed by atoms with Crippen molar-refractivity contribution in [3.8, 4) is 17.6 Å². The maximum absolute atomic E-state index is 13.0. The normalized spacial score (nSPS) is 10.8. The average Bonchev–Trinajstić information content (AvgIpc) is 2.82. The molecule has 1 N–H and O–H groups in total. The van der Waals surface area contributed by atoms with E-state index in [2.05, 4.69) is 11.4 Å². The fourth-order valence-electron chi connectivity index (χ4n) is 2.93. The van der Waals surface area contributed by atoms with Crippen LogP contribution in [0.15, 0.2) is 66.7 Å². The Hall–Kier alpha value is -4.71. The van der Waals surface area contributed by atoms with Gasteiger partial charge in [0.15, 0.2) is 18.1 Å². The number of carbonyl (C=O) groups is 1. The number of ether oxygens (including phenoxy) is 2. The number of anilines is 1. The maximum atomic E-state index is 13.0. The highest BCUT2D eigenvalue weighted by atomic mass is 19.1. The summed E-state index contributed by atoms with van der Waals surface area (Å²) in [4.78, 5) is 22.6. The number of nitrogens with zero attached hydrogens (tertiary/aromatic N) is 2. The van der Waals surface area contributed by atoms with Crippen molar-refractivity contribution in [2.45, 2.75) is 0 Å². The molecule has 3 rings (SSSR count). The summed E-state index contributed by atoms with van der Waals surface area (Å²) in [5, 5.41) is 23.1. The van der Waals surface area contributed by atoms with Crippen molar-refractivity contribution < 1.29 is 23.6 Å². The van der Waals surface area contributed by atoms with Crippen LogP contribution in [0.4, 0.5) is 15.8 Å². The van der Waals surface area contributed by atoms with Crippen LogP contribution in [0, 0.1) is 27.3 Å². The Morgan fingerprint density at radius 3 is 2.45 bits per heavy atom. The molecule has 0 aromatic heterocycles. The molecule has 33 heavy (non-hydrogen) atoms. The molecule has 0 heterocycles. The van der Waals surface area contributed by atoms with Gasteiger partial charge in [-0.05, 0) is 54.1 Å². The zero-order valence-electron chi connectivity index (χ0n) is 17.4. The van der Waals surface area contributed by atoms with Crippen LogP contribution in [0.2, 0.25) is 0 Å². The predicted molar refractivity (Wildman–Crippen MR) is 120 cm³/mol. The number of non-ortho nitro benzene ring substituents is 1. The van der Waals surface area contributed by atoms with E-state index in [1.807, 2.05) is 0 Å². The van der Waals surface area contributed by atoms with Gasteiger partial charge in [0.05, 0.1) is 23.7 Å². The molecule has 0 atom stereocenters. The molecule has 1 amide bonds. The van der Waals surface area contributed by atoms with Crippen molar-refractivity contribution in [1.82, 2.24) is 0 Å². The number of hydrogen-bond donors (Lipinski definition) is 1. The number of nitriles is 1. The van der Waals surface area contributed by atoms with Gasteiger partial charge in [-0.2, -0.15) is 5.26 Å². The Morgan fingerprint density at radius 1 is 1.15 bits per heavy atom. The van der Waals surface area contributed by atoms with Crippen molar-refractivity contribution in [1.29, 1.82) is 5.26 Å². The maximum Gasteiger partial charge on any atom is 0.269 e. The number of nitrogens with one attached hydrogen (secondary N) is 1. The highest BCUT2D eigenvalue weighted by molar-refractivity contribution is 5.93. The number of nitro benzene ring substituents is 1. The van der Waals surface area contributed by atoms with Crippen LogP contribution in [-0.4, -0.2) is 24.5 Å². The van der Waals surface area contributed by atoms with Gasteiger partial charge in [0.1, 0.15) is 5.82 Å². The fraction of sp³-hybridized carbons (Fsp3) is 0.0833. The molecule has 0 saturated carbocycles. The van der Waals surface area contributed by atoms with E-state index in [0.717, 1.165) is 0 Å². The third kappa shape index (κ3) is 5.92. The second-order valence-corrected chi connectivity index (χ2v) is 6.70. The summed E-state index contributed by atoms with van der Waals surface area (Å²) in [6.45, 7) is -0.363. The van der Waals surface area contributed by atoms with Gasteiger partial charge >= 0.3 is 0 Å². The molecule has 0 spiro atoms. The average molecular weight is 447 g/mol. The van der Waals surface area contributed by atoms with E-state index in [0.29, 0.717) is 22.6 Å². The molecule has 8 nitrogen and oxygen atoms in total. The third-order valence-corrected chi connectivity index (χ3v) is 4.51. The van der Waals surface area contributed by atoms with Gasteiger partial charge in [-0.25, -0.2) is 4.39 Å². The first-order valence-corrected chi connectivity index (χ1v) is 9.63. The minimum atomic E-state index is -0.523. The molecule has 0 aliphatic carbocycles. The molecule has 0 bridgehead atoms. The fourth-order valence-corrected chi connectivity index (χ4v) is 2.93. The zero-order chi connectivity index (χ0) is 23.8. The van der Waals surface area contributed by atoms with Crippen molar-refractivity contribution in [2.75, 3.05) is 19.0 Å². The minimum absolute atomic E-state index is 0.0893. The number of nitro groups is 1. The van der Waals surface area contributed by atoms with Gasteiger partial charge in [-0.15, -0.1) is 0 Å². The first-order valence-electron chi connectivity index (χ1n) is 9.63. The monoisotopic (exact) mass is 447 g/mol. The number of benzene rings is 3. The summed E-state index contributed by atoms with van der Waals surface area (Å²) in [6.07, 6.45) is 1.54. The number of halogens is 1. The Labute approximate surface area is 188 Å². The summed E-state index contributed by atoms with van der Waals surface area (Å²) in [6, 6.07) is 17.9. The van der Waals surface area contributed by atoms with Gasteiger partial charge in [-0.1, -0.05) is 12.1 Å². The first-order chi connectivity index (χ1) is 15.9. The summed E-state index contributed by atoms with van der Waals surface area (Å²) in [5.41, 5.74) is 1.51. The molecular formula is C24H18FN3O5. The highest BCUT2D eigenvalue weighted by Crippen LogP contribution is 2.34. The van der Waals surface area contributed by atoms with Crippen molar-refractivity contribution in [2.24, 2.45) is 0 Å². The van der Waals surface area contributed by atoms with Crippen molar-refractivity contribution >= 4 is 28.9 Å². The smallest absolute Gasteiger partial charge is 0.269 e. The number of para-hydroxylation sites is 1. The minimum Gasteiger partial charge on any atom is -0.493 e. The number of methoxy groups -OCH3 is 1. The summed E-state index contributed by atoms with van der Waals surface area (Å²) < 4.78 is 24.0. The molecule has 3 aromatic carbocycles. The Morgan fingerprint density at radius 2 is 1.85 bits per heavy atom. The number of carbonyl (C=O) groups excluding carboxylic acids is 1. The topological polar surface area (TPSA) is 114 Å². The van der Waals surface area contributed by atoms with Crippen LogP contribution >= 0.6 is 0 Å². The second kappa shape index (κ2) is 10.5. The van der Waals surface area contributed by atoms with Crippen molar-refractivity contribution in [3.05, 3.63) is 93.8 Å². The summed E-state index contributed by atoms with van der Waals surface area (Å²) in [7, 11) is 1.44. The van der Waals surface area contributed by atoms with Gasteiger partial charge < -0.3 is 14.8 Å². The number of allylic oxidation sites excluding steroid dienone is 1. The van der Waals surface area contributed by atoms with Crippen LogP contribution in [-0.2, 0) is 4.79 Å². The molecule has 9 heteroatoms. The lowest BCUT2D eigenvalue weighted by Crippen LogP contribution is -2.20. The molecule has 0 fully saturated rings. The standard InChI is InChI=1S/C24H18FN3O5/c1-32-22-4-2-3-17(13-18(14-26)16-5-11-21(12-6-16)28(30)31)24(22)33-15-23(29)27-20-9-7-19(25)8-10-20/h2-13H,15H2,1H3,(H,27,29)/b18-13-. The highest BCUT2D eigenvalue weighted by Gasteiger charge is 2.14. The second-order valence-electron chi connectivity index (χ2n) is 6.70. The van der Waals surface area contributed by atoms with Crippen LogP contribution in [0.3, 0.4) is 0 Å². The van der Waals surface area contributed by atoms with Crippen LogP contribution in [0.25, 0.3) is 11.6 Å². The van der Waals surface area contributed by atoms with Gasteiger partial charge in [-0.3, -0.25) is 14.9 Å². The number of hydrogen-bond acceptors (Lipinski definition) is 6. The molecule has 0 unspecified atom stereocenters. The third-order valence-electron chi connectivity index (χ3n) is 4.51. The van der Waals surface area contributed by atoms with E-state index in [1.54, 1.807) is 18.2 Å². The van der Waals surface area contributed by atoms with E-state index in [4.69, 9.17) is 9.47 Å². The molecule has 0 aliphatic rings. The quantitative estimate of drug-likeness (QED) is 0.229. The van der Waals surface area contributed by atoms with Gasteiger partial charge in [0.25, 0.3) is 11.6 Å². The number of rotatable bonds is 8. The van der Waals surface area contributed by atoms with E-state index < -0.39 is 16.6 Å². The zero-order valence-corrected chi connectivity index (χ0v) is 17.4. The van der Waals surface area contributed by atoms with E-state index in [1.165, 1.54) is 61.7 Å². The Balaban J connectivity index is 1.84.